The molecule has 1 aliphatic heterocycles. The van der Waals surface area contributed by atoms with Crippen LogP contribution in [0.5, 0.6) is 0 Å². The second-order valence-electron chi connectivity index (χ2n) is 4.99. The third-order valence-electron chi connectivity index (χ3n) is 3.68. The van der Waals surface area contributed by atoms with Crippen LogP contribution in [0.3, 0.4) is 0 Å². The van der Waals surface area contributed by atoms with E-state index in [1.54, 1.807) is 0 Å². The maximum atomic E-state index is 11.1. The van der Waals surface area contributed by atoms with Crippen molar-refractivity contribution in [3.8, 4) is 0 Å². The van der Waals surface area contributed by atoms with E-state index in [2.05, 4.69) is 10.2 Å². The van der Waals surface area contributed by atoms with E-state index in [1.807, 2.05) is 28.8 Å². The first-order valence-corrected chi connectivity index (χ1v) is 6.90. The summed E-state index contributed by atoms with van der Waals surface area (Å²) in [6, 6.07) is 7.59. The van der Waals surface area contributed by atoms with Gasteiger partial charge in [0.1, 0.15) is 11.6 Å². The van der Waals surface area contributed by atoms with Gasteiger partial charge in [0, 0.05) is 24.4 Å². The van der Waals surface area contributed by atoms with Gasteiger partial charge in [-0.1, -0.05) is 29.8 Å². The van der Waals surface area contributed by atoms with Gasteiger partial charge in [0.05, 0.1) is 5.92 Å². The molecule has 1 aromatic carbocycles. The van der Waals surface area contributed by atoms with Crippen molar-refractivity contribution in [3.05, 3.63) is 46.5 Å². The van der Waals surface area contributed by atoms with Crippen LogP contribution in [0.1, 0.15) is 23.6 Å². The van der Waals surface area contributed by atoms with Crippen molar-refractivity contribution in [1.29, 1.82) is 0 Å². The van der Waals surface area contributed by atoms with Crippen LogP contribution < -0.4 is 0 Å². The molecule has 0 fully saturated rings. The van der Waals surface area contributed by atoms with Crippen LogP contribution >= 0.6 is 11.6 Å². The minimum atomic E-state index is -0.756. The largest absolute Gasteiger partial charge is 0.481 e. The number of carboxylic acids is 1. The van der Waals surface area contributed by atoms with Gasteiger partial charge in [-0.15, -0.1) is 10.2 Å². The topological polar surface area (TPSA) is 68.0 Å². The first-order valence-electron chi connectivity index (χ1n) is 6.52. The van der Waals surface area contributed by atoms with Gasteiger partial charge in [-0.25, -0.2) is 0 Å². The van der Waals surface area contributed by atoms with E-state index in [0.717, 1.165) is 17.2 Å². The molecule has 0 radical (unpaired) electrons. The van der Waals surface area contributed by atoms with E-state index in [4.69, 9.17) is 16.7 Å². The minimum Gasteiger partial charge on any atom is -0.481 e. The lowest BCUT2D eigenvalue weighted by atomic mass is 9.99. The van der Waals surface area contributed by atoms with E-state index < -0.39 is 5.97 Å². The Labute approximate surface area is 121 Å². The standard InChI is InChI=1S/C14H14ClN3O2/c15-11-4-2-1-3-9(11)7-13-17-16-12-6-5-10(14(19)20)8-18(12)13/h1-4,10H,5-8H2,(H,19,20). The molecule has 2 aromatic rings. The van der Waals surface area contributed by atoms with Crippen molar-refractivity contribution >= 4 is 17.6 Å². The van der Waals surface area contributed by atoms with E-state index in [1.165, 1.54) is 0 Å². The van der Waals surface area contributed by atoms with Crippen LogP contribution in [0.2, 0.25) is 5.02 Å². The monoisotopic (exact) mass is 291 g/mol. The van der Waals surface area contributed by atoms with Gasteiger partial charge < -0.3 is 9.67 Å². The molecule has 1 unspecified atom stereocenters. The molecule has 3 rings (SSSR count). The zero-order valence-electron chi connectivity index (χ0n) is 10.8. The Kier molecular flexibility index (Phi) is 3.44. The third-order valence-corrected chi connectivity index (χ3v) is 4.05. The Bertz CT molecular complexity index is 654. The maximum Gasteiger partial charge on any atom is 0.308 e. The molecular formula is C14H14ClN3O2. The summed E-state index contributed by atoms with van der Waals surface area (Å²) >= 11 is 6.15. The van der Waals surface area contributed by atoms with Crippen LogP contribution in [0, 0.1) is 5.92 Å². The number of aryl methyl sites for hydroxylation is 1. The van der Waals surface area contributed by atoms with E-state index in [0.29, 0.717) is 30.8 Å². The number of carboxylic acid groups (broad SMARTS) is 1. The molecule has 0 aliphatic carbocycles. The van der Waals surface area contributed by atoms with Crippen LogP contribution in [-0.4, -0.2) is 25.8 Å². The molecule has 104 valence electrons. The Balaban J connectivity index is 1.88. The van der Waals surface area contributed by atoms with E-state index in [-0.39, 0.29) is 5.92 Å². The molecule has 0 saturated carbocycles. The molecule has 0 spiro atoms. The summed E-state index contributed by atoms with van der Waals surface area (Å²) in [6.45, 7) is 0.442. The number of nitrogens with zero attached hydrogens (tertiary/aromatic N) is 3. The number of hydrogen-bond donors (Lipinski definition) is 1. The van der Waals surface area contributed by atoms with Crippen molar-refractivity contribution < 1.29 is 9.90 Å². The van der Waals surface area contributed by atoms with Crippen LogP contribution in [0.4, 0.5) is 0 Å². The van der Waals surface area contributed by atoms with Gasteiger partial charge in [0.2, 0.25) is 0 Å². The lowest BCUT2D eigenvalue weighted by molar-refractivity contribution is -0.142. The molecule has 20 heavy (non-hydrogen) atoms. The second-order valence-corrected chi connectivity index (χ2v) is 5.39. The highest BCUT2D eigenvalue weighted by atomic mass is 35.5. The summed E-state index contributed by atoms with van der Waals surface area (Å²) in [5, 5.41) is 18.2. The Morgan fingerprint density at radius 2 is 2.20 bits per heavy atom. The molecular weight excluding hydrogens is 278 g/mol. The number of aliphatic carboxylic acids is 1. The van der Waals surface area contributed by atoms with E-state index in [9.17, 15) is 4.79 Å². The SMILES string of the molecule is O=C(O)C1CCc2nnc(Cc3ccccc3Cl)n2C1. The fourth-order valence-electron chi connectivity index (χ4n) is 2.53. The first-order chi connectivity index (χ1) is 9.65. The number of benzene rings is 1. The number of fused-ring (bicyclic) bond motifs is 1. The van der Waals surface area contributed by atoms with Gasteiger partial charge in [-0.05, 0) is 18.1 Å². The average Bonchev–Trinajstić information content (AvgIpc) is 2.84. The fraction of sp³-hybridized carbons (Fsp3) is 0.357. The summed E-state index contributed by atoms with van der Waals surface area (Å²) in [5.41, 5.74) is 0.974. The lowest BCUT2D eigenvalue weighted by Crippen LogP contribution is -2.27. The summed E-state index contributed by atoms with van der Waals surface area (Å²) in [4.78, 5) is 11.1. The number of aromatic nitrogens is 3. The fourth-order valence-corrected chi connectivity index (χ4v) is 2.73. The van der Waals surface area contributed by atoms with Gasteiger partial charge in [-0.3, -0.25) is 4.79 Å². The molecule has 0 amide bonds. The zero-order chi connectivity index (χ0) is 14.1. The highest BCUT2D eigenvalue weighted by molar-refractivity contribution is 6.31. The van der Waals surface area contributed by atoms with Crippen molar-refractivity contribution in [2.75, 3.05) is 0 Å². The molecule has 1 aliphatic rings. The molecule has 2 heterocycles. The summed E-state index contributed by atoms with van der Waals surface area (Å²) in [5.74, 6) is 0.528. The van der Waals surface area contributed by atoms with Crippen LogP contribution in [-0.2, 0) is 24.2 Å². The zero-order valence-corrected chi connectivity index (χ0v) is 11.5. The smallest absolute Gasteiger partial charge is 0.308 e. The molecule has 6 heteroatoms. The summed E-state index contributed by atoms with van der Waals surface area (Å²) in [7, 11) is 0. The predicted octanol–water partition coefficient (Wildman–Crippen LogP) is 2.17. The first kappa shape index (κ1) is 13.1. The molecule has 0 saturated heterocycles. The van der Waals surface area contributed by atoms with Gasteiger partial charge >= 0.3 is 5.97 Å². The Hall–Kier alpha value is -1.88. The van der Waals surface area contributed by atoms with E-state index >= 15 is 0 Å². The van der Waals surface area contributed by atoms with Gasteiger partial charge in [0.25, 0.3) is 0 Å². The molecule has 1 atom stereocenters. The Morgan fingerprint density at radius 3 is 2.95 bits per heavy atom. The third kappa shape index (κ3) is 2.41. The summed E-state index contributed by atoms with van der Waals surface area (Å²) < 4.78 is 1.92. The number of carbonyl (C=O) groups is 1. The highest BCUT2D eigenvalue weighted by Gasteiger charge is 2.27. The van der Waals surface area contributed by atoms with Crippen LogP contribution in [0.15, 0.2) is 24.3 Å². The van der Waals surface area contributed by atoms with Gasteiger partial charge in [-0.2, -0.15) is 0 Å². The van der Waals surface area contributed by atoms with Crippen molar-refractivity contribution in [1.82, 2.24) is 14.8 Å². The second kappa shape index (κ2) is 5.25. The molecule has 0 bridgehead atoms. The molecule has 5 nitrogen and oxygen atoms in total. The quantitative estimate of drug-likeness (QED) is 0.941. The van der Waals surface area contributed by atoms with Crippen LogP contribution in [0.25, 0.3) is 0 Å². The Morgan fingerprint density at radius 1 is 1.40 bits per heavy atom. The van der Waals surface area contributed by atoms with Crippen molar-refractivity contribution in [2.45, 2.75) is 25.8 Å². The number of hydrogen-bond acceptors (Lipinski definition) is 3. The van der Waals surface area contributed by atoms with Gasteiger partial charge in [0.15, 0.2) is 0 Å². The predicted molar refractivity (Wildman–Crippen MR) is 73.7 cm³/mol. The maximum absolute atomic E-state index is 11.1. The minimum absolute atomic E-state index is 0.358. The van der Waals surface area contributed by atoms with Crippen molar-refractivity contribution in [2.24, 2.45) is 5.92 Å². The molecule has 1 N–H and O–H groups in total. The average molecular weight is 292 g/mol. The summed E-state index contributed by atoms with van der Waals surface area (Å²) in [6.07, 6.45) is 1.85. The number of halogens is 1. The lowest BCUT2D eigenvalue weighted by Gasteiger charge is -2.21. The highest BCUT2D eigenvalue weighted by Crippen LogP contribution is 2.23. The number of rotatable bonds is 3. The van der Waals surface area contributed by atoms with Crippen molar-refractivity contribution in [3.63, 3.8) is 0 Å². The molecule has 1 aromatic heterocycles. The normalized spacial score (nSPS) is 17.8.